The monoisotopic (exact) mass is 224 g/mol. The van der Waals surface area contributed by atoms with Crippen molar-refractivity contribution in [3.63, 3.8) is 0 Å². The molecular weight excluding hydrogens is 204 g/mol. The Morgan fingerprint density at radius 2 is 2.20 bits per heavy atom. The van der Waals surface area contributed by atoms with Gasteiger partial charge in [-0.15, -0.1) is 11.3 Å². The van der Waals surface area contributed by atoms with Gasteiger partial charge in [-0.1, -0.05) is 6.42 Å². The molecule has 0 aromatic carbocycles. The minimum absolute atomic E-state index is 0.436. The first-order valence-corrected chi connectivity index (χ1v) is 6.65. The van der Waals surface area contributed by atoms with Crippen LogP contribution < -0.4 is 5.73 Å². The first kappa shape index (κ1) is 11.1. The number of rotatable bonds is 2. The molecule has 0 saturated heterocycles. The van der Waals surface area contributed by atoms with E-state index >= 15 is 0 Å². The predicted octanol–water partition coefficient (Wildman–Crippen LogP) is 2.82. The summed E-state index contributed by atoms with van der Waals surface area (Å²) < 4.78 is 0. The van der Waals surface area contributed by atoms with Crippen LogP contribution in [0.5, 0.6) is 0 Å². The maximum Gasteiger partial charge on any atom is 0.0933 e. The van der Waals surface area contributed by atoms with Crippen LogP contribution in [0.1, 0.15) is 41.3 Å². The topological polar surface area (TPSA) is 38.9 Å². The van der Waals surface area contributed by atoms with E-state index in [-0.39, 0.29) is 0 Å². The molecule has 1 aromatic heterocycles. The molecule has 2 unspecified atom stereocenters. The Labute approximate surface area is 95.9 Å². The van der Waals surface area contributed by atoms with E-state index < -0.39 is 0 Å². The summed E-state index contributed by atoms with van der Waals surface area (Å²) in [5.41, 5.74) is 7.20. The molecule has 2 nitrogen and oxygen atoms in total. The van der Waals surface area contributed by atoms with Gasteiger partial charge in [-0.3, -0.25) is 0 Å². The molecule has 0 aliphatic heterocycles. The van der Waals surface area contributed by atoms with Gasteiger partial charge in [0.15, 0.2) is 0 Å². The lowest BCUT2D eigenvalue weighted by atomic mass is 9.84. The van der Waals surface area contributed by atoms with Gasteiger partial charge in [0.1, 0.15) is 0 Å². The highest BCUT2D eigenvalue weighted by Crippen LogP contribution is 2.28. The number of nitrogens with zero attached hydrogens (tertiary/aromatic N) is 1. The zero-order valence-corrected chi connectivity index (χ0v) is 10.4. The molecule has 2 N–H and O–H groups in total. The normalized spacial score (nSPS) is 26.9. The Bertz CT molecular complexity index is 313. The second kappa shape index (κ2) is 4.62. The summed E-state index contributed by atoms with van der Waals surface area (Å²) in [6, 6.07) is 0.436. The van der Waals surface area contributed by atoms with E-state index in [1.54, 1.807) is 0 Å². The number of nitrogens with two attached hydrogens (primary N) is 1. The lowest BCUT2D eigenvalue weighted by Crippen LogP contribution is -2.28. The van der Waals surface area contributed by atoms with Gasteiger partial charge >= 0.3 is 0 Å². The van der Waals surface area contributed by atoms with E-state index in [0.29, 0.717) is 6.04 Å². The Morgan fingerprint density at radius 3 is 2.80 bits per heavy atom. The third-order valence-electron chi connectivity index (χ3n) is 3.36. The number of aromatic nitrogens is 1. The van der Waals surface area contributed by atoms with Crippen molar-refractivity contribution in [1.29, 1.82) is 0 Å². The van der Waals surface area contributed by atoms with E-state index in [0.717, 1.165) is 12.3 Å². The van der Waals surface area contributed by atoms with Crippen LogP contribution in [0.15, 0.2) is 0 Å². The lowest BCUT2D eigenvalue weighted by Gasteiger charge is -2.25. The van der Waals surface area contributed by atoms with Gasteiger partial charge in [0.2, 0.25) is 0 Å². The van der Waals surface area contributed by atoms with Gasteiger partial charge in [-0.25, -0.2) is 4.98 Å². The Balaban J connectivity index is 1.96. The molecule has 0 amide bonds. The maximum atomic E-state index is 6.00. The van der Waals surface area contributed by atoms with Gasteiger partial charge in [0.05, 0.1) is 10.7 Å². The third-order valence-corrected chi connectivity index (χ3v) is 4.45. The van der Waals surface area contributed by atoms with Crippen LogP contribution in [-0.2, 0) is 6.42 Å². The van der Waals surface area contributed by atoms with Crippen molar-refractivity contribution < 1.29 is 0 Å². The first-order chi connectivity index (χ1) is 7.15. The minimum atomic E-state index is 0.436. The fraction of sp³-hybridized carbons (Fsp3) is 0.750. The van der Waals surface area contributed by atoms with Crippen molar-refractivity contribution in [3.8, 4) is 0 Å². The van der Waals surface area contributed by atoms with Crippen molar-refractivity contribution in [2.45, 2.75) is 52.0 Å². The van der Waals surface area contributed by atoms with Crippen LogP contribution in [0.25, 0.3) is 0 Å². The van der Waals surface area contributed by atoms with Crippen LogP contribution in [0.4, 0.5) is 0 Å². The summed E-state index contributed by atoms with van der Waals surface area (Å²) in [5.74, 6) is 0.777. The molecule has 1 aliphatic carbocycles. The minimum Gasteiger partial charge on any atom is -0.328 e. The van der Waals surface area contributed by atoms with Gasteiger partial charge in [-0.05, 0) is 39.0 Å². The average molecular weight is 224 g/mol. The van der Waals surface area contributed by atoms with Crippen LogP contribution in [0.3, 0.4) is 0 Å². The summed E-state index contributed by atoms with van der Waals surface area (Å²) >= 11 is 1.86. The SMILES string of the molecule is Cc1nc(CC2CCCC(N)C2)sc1C. The summed E-state index contributed by atoms with van der Waals surface area (Å²) in [5, 5.41) is 1.31. The molecule has 84 valence electrons. The molecule has 1 heterocycles. The van der Waals surface area contributed by atoms with Crippen molar-refractivity contribution in [2.75, 3.05) is 0 Å². The van der Waals surface area contributed by atoms with E-state index in [1.807, 2.05) is 11.3 Å². The summed E-state index contributed by atoms with van der Waals surface area (Å²) in [7, 11) is 0. The van der Waals surface area contributed by atoms with Crippen molar-refractivity contribution in [3.05, 3.63) is 15.6 Å². The first-order valence-electron chi connectivity index (χ1n) is 5.83. The standard InChI is InChI=1S/C12H20N2S/c1-8-9(2)15-12(14-8)7-10-4-3-5-11(13)6-10/h10-11H,3-7,13H2,1-2H3. The molecule has 2 rings (SSSR count). The summed E-state index contributed by atoms with van der Waals surface area (Å²) in [6.45, 7) is 4.26. The van der Waals surface area contributed by atoms with Crippen LogP contribution in [0, 0.1) is 19.8 Å². The quantitative estimate of drug-likeness (QED) is 0.839. The largest absolute Gasteiger partial charge is 0.328 e. The number of aryl methyl sites for hydroxylation is 2. The zero-order valence-electron chi connectivity index (χ0n) is 9.62. The highest BCUT2D eigenvalue weighted by Gasteiger charge is 2.20. The van der Waals surface area contributed by atoms with Crippen molar-refractivity contribution >= 4 is 11.3 Å². The van der Waals surface area contributed by atoms with E-state index in [9.17, 15) is 0 Å². The third kappa shape index (κ3) is 2.79. The summed E-state index contributed by atoms with van der Waals surface area (Å²) in [4.78, 5) is 5.97. The molecule has 1 saturated carbocycles. The molecule has 2 atom stereocenters. The zero-order chi connectivity index (χ0) is 10.8. The Morgan fingerprint density at radius 1 is 1.40 bits per heavy atom. The predicted molar refractivity (Wildman–Crippen MR) is 65.2 cm³/mol. The number of thiazole rings is 1. The van der Waals surface area contributed by atoms with Gasteiger partial charge < -0.3 is 5.73 Å². The molecule has 15 heavy (non-hydrogen) atoms. The smallest absolute Gasteiger partial charge is 0.0933 e. The molecule has 1 aliphatic rings. The van der Waals surface area contributed by atoms with Crippen LogP contribution >= 0.6 is 11.3 Å². The maximum absolute atomic E-state index is 6.00. The van der Waals surface area contributed by atoms with E-state index in [2.05, 4.69) is 18.8 Å². The van der Waals surface area contributed by atoms with E-state index in [4.69, 9.17) is 5.73 Å². The Hall–Kier alpha value is -0.410. The van der Waals surface area contributed by atoms with Gasteiger partial charge in [0.25, 0.3) is 0 Å². The van der Waals surface area contributed by atoms with Crippen LogP contribution in [0.2, 0.25) is 0 Å². The Kier molecular flexibility index (Phi) is 3.42. The number of hydrogen-bond acceptors (Lipinski definition) is 3. The molecule has 0 bridgehead atoms. The molecule has 1 aromatic rings. The molecule has 3 heteroatoms. The molecule has 0 radical (unpaired) electrons. The fourth-order valence-electron chi connectivity index (χ4n) is 2.39. The van der Waals surface area contributed by atoms with E-state index in [1.165, 1.54) is 41.3 Å². The highest BCUT2D eigenvalue weighted by atomic mass is 32.1. The summed E-state index contributed by atoms with van der Waals surface area (Å²) in [6.07, 6.45) is 6.19. The van der Waals surface area contributed by atoms with Gasteiger partial charge in [0, 0.05) is 17.3 Å². The lowest BCUT2D eigenvalue weighted by molar-refractivity contribution is 0.320. The van der Waals surface area contributed by atoms with Gasteiger partial charge in [-0.2, -0.15) is 0 Å². The fourth-order valence-corrected chi connectivity index (χ4v) is 3.44. The average Bonchev–Trinajstić information content (AvgIpc) is 2.45. The second-order valence-corrected chi connectivity index (χ2v) is 6.03. The van der Waals surface area contributed by atoms with Crippen molar-refractivity contribution in [2.24, 2.45) is 11.7 Å². The molecule has 1 fully saturated rings. The molecule has 0 spiro atoms. The highest BCUT2D eigenvalue weighted by molar-refractivity contribution is 7.11. The second-order valence-electron chi connectivity index (χ2n) is 4.75. The molecular formula is C12H20N2S. The van der Waals surface area contributed by atoms with Crippen molar-refractivity contribution in [1.82, 2.24) is 4.98 Å². The number of hydrogen-bond donors (Lipinski definition) is 1. The van der Waals surface area contributed by atoms with Crippen LogP contribution in [-0.4, -0.2) is 11.0 Å².